The third kappa shape index (κ3) is 1.78. The Balaban J connectivity index is 2.31. The summed E-state index contributed by atoms with van der Waals surface area (Å²) in [5.41, 5.74) is 1.71. The summed E-state index contributed by atoms with van der Waals surface area (Å²) < 4.78 is 5.26. The summed E-state index contributed by atoms with van der Waals surface area (Å²) in [4.78, 5) is 23.9. The fraction of sp³-hybridized carbons (Fsp3) is 0.333. The van der Waals surface area contributed by atoms with Crippen LogP contribution >= 0.6 is 0 Å². The van der Waals surface area contributed by atoms with Gasteiger partial charge in [-0.25, -0.2) is 5.01 Å². The van der Waals surface area contributed by atoms with E-state index in [1.165, 1.54) is 11.9 Å². The van der Waals surface area contributed by atoms with E-state index in [0.29, 0.717) is 12.3 Å². The molecule has 5 nitrogen and oxygen atoms in total. The minimum Gasteiger partial charge on any atom is -0.356 e. The molecule has 17 heavy (non-hydrogen) atoms. The monoisotopic (exact) mass is 234 g/mol. The number of para-hydroxylation sites is 1. The topological polar surface area (TPSA) is 58.6 Å². The van der Waals surface area contributed by atoms with Gasteiger partial charge in [0.1, 0.15) is 0 Å². The van der Waals surface area contributed by atoms with Crippen LogP contribution in [-0.2, 0) is 14.3 Å². The number of rotatable bonds is 3. The van der Waals surface area contributed by atoms with Gasteiger partial charge < -0.3 is 4.74 Å². The molecule has 0 spiro atoms. The predicted molar refractivity (Wildman–Crippen MR) is 62.1 cm³/mol. The highest BCUT2D eigenvalue weighted by Crippen LogP contribution is 2.25. The molecule has 5 heteroatoms. The lowest BCUT2D eigenvalue weighted by Gasteiger charge is -2.19. The summed E-state index contributed by atoms with van der Waals surface area (Å²) in [5.74, 6) is -0.830. The van der Waals surface area contributed by atoms with Crippen molar-refractivity contribution < 1.29 is 14.3 Å². The van der Waals surface area contributed by atoms with Crippen molar-refractivity contribution in [3.05, 3.63) is 30.3 Å². The molecule has 1 saturated heterocycles. The average Bonchev–Trinajstić information content (AvgIpc) is 2.56. The molecule has 0 saturated carbocycles. The molecule has 0 aromatic heterocycles. The average molecular weight is 234 g/mol. The number of hydrazine groups is 1. The van der Waals surface area contributed by atoms with Crippen LogP contribution in [0.3, 0.4) is 0 Å². The van der Waals surface area contributed by atoms with Crippen LogP contribution in [0.1, 0.15) is 13.8 Å². The van der Waals surface area contributed by atoms with E-state index >= 15 is 0 Å². The summed E-state index contributed by atoms with van der Waals surface area (Å²) in [6.45, 7) is 3.53. The molecule has 90 valence electrons. The van der Waals surface area contributed by atoms with E-state index in [-0.39, 0.29) is 0 Å². The van der Waals surface area contributed by atoms with Crippen molar-refractivity contribution in [1.29, 1.82) is 0 Å². The molecular weight excluding hydrogens is 220 g/mol. The van der Waals surface area contributed by atoms with Gasteiger partial charge in [0.2, 0.25) is 5.60 Å². The largest absolute Gasteiger partial charge is 0.356 e. The zero-order valence-electron chi connectivity index (χ0n) is 9.77. The van der Waals surface area contributed by atoms with E-state index in [0.717, 1.165) is 0 Å². The van der Waals surface area contributed by atoms with E-state index in [4.69, 9.17) is 4.74 Å². The van der Waals surface area contributed by atoms with Gasteiger partial charge in [0, 0.05) is 6.61 Å². The Morgan fingerprint density at radius 3 is 2.53 bits per heavy atom. The van der Waals surface area contributed by atoms with Crippen molar-refractivity contribution in [2.24, 2.45) is 0 Å². The van der Waals surface area contributed by atoms with Crippen LogP contribution in [0.4, 0.5) is 5.69 Å². The first-order chi connectivity index (χ1) is 8.09. The highest BCUT2D eigenvalue weighted by Gasteiger charge is 2.52. The second kappa shape index (κ2) is 4.18. The number of anilines is 1. The predicted octanol–water partition coefficient (Wildman–Crippen LogP) is 0.860. The van der Waals surface area contributed by atoms with Crippen molar-refractivity contribution in [1.82, 2.24) is 5.43 Å². The van der Waals surface area contributed by atoms with E-state index in [1.54, 1.807) is 31.2 Å². The van der Waals surface area contributed by atoms with Gasteiger partial charge in [-0.2, -0.15) is 0 Å². The number of ether oxygens (including phenoxy) is 1. The number of benzene rings is 1. The van der Waals surface area contributed by atoms with Gasteiger partial charge >= 0.3 is 0 Å². The zero-order chi connectivity index (χ0) is 12.5. The number of carbonyl (C=O) groups excluding carboxylic acids is 2. The van der Waals surface area contributed by atoms with Crippen molar-refractivity contribution >= 4 is 17.5 Å². The maximum absolute atomic E-state index is 12.1. The Morgan fingerprint density at radius 1 is 1.29 bits per heavy atom. The second-order valence-corrected chi connectivity index (χ2v) is 3.88. The van der Waals surface area contributed by atoms with Gasteiger partial charge in [-0.3, -0.25) is 15.0 Å². The zero-order valence-corrected chi connectivity index (χ0v) is 9.77. The minimum atomic E-state index is -1.43. The SMILES string of the molecule is CCOC1(C)C(=O)NN(c2ccccc2)C1=O. The molecule has 1 atom stereocenters. The van der Waals surface area contributed by atoms with Gasteiger partial charge in [0.15, 0.2) is 0 Å². The molecular formula is C12H14N2O3. The van der Waals surface area contributed by atoms with Crippen LogP contribution in [0.5, 0.6) is 0 Å². The number of hydrogen-bond donors (Lipinski definition) is 1. The lowest BCUT2D eigenvalue weighted by molar-refractivity contribution is -0.149. The Hall–Kier alpha value is -1.88. The first-order valence-corrected chi connectivity index (χ1v) is 5.44. The highest BCUT2D eigenvalue weighted by molar-refractivity contribution is 6.20. The molecule has 1 unspecified atom stereocenters. The van der Waals surface area contributed by atoms with Crippen molar-refractivity contribution in [2.45, 2.75) is 19.4 Å². The van der Waals surface area contributed by atoms with Gasteiger partial charge in [-0.05, 0) is 26.0 Å². The Kier molecular flexibility index (Phi) is 2.85. The summed E-state index contributed by atoms with van der Waals surface area (Å²) in [6.07, 6.45) is 0. The molecule has 2 rings (SSSR count). The Morgan fingerprint density at radius 2 is 1.94 bits per heavy atom. The Bertz CT molecular complexity index is 446. The van der Waals surface area contributed by atoms with E-state index in [2.05, 4.69) is 5.43 Å². The van der Waals surface area contributed by atoms with E-state index < -0.39 is 17.4 Å². The number of hydrogen-bond acceptors (Lipinski definition) is 3. The molecule has 1 aromatic rings. The van der Waals surface area contributed by atoms with Crippen LogP contribution < -0.4 is 10.4 Å². The van der Waals surface area contributed by atoms with E-state index in [9.17, 15) is 9.59 Å². The summed E-state index contributed by atoms with van der Waals surface area (Å²) >= 11 is 0. The maximum Gasteiger partial charge on any atom is 0.287 e. The molecule has 1 aliphatic heterocycles. The third-order valence-corrected chi connectivity index (χ3v) is 2.71. The molecule has 0 bridgehead atoms. The molecule has 1 fully saturated rings. The van der Waals surface area contributed by atoms with Crippen LogP contribution in [0.25, 0.3) is 0 Å². The molecule has 1 N–H and O–H groups in total. The maximum atomic E-state index is 12.1. The molecule has 1 heterocycles. The smallest absolute Gasteiger partial charge is 0.287 e. The summed E-state index contributed by atoms with van der Waals surface area (Å²) in [5, 5.41) is 1.22. The van der Waals surface area contributed by atoms with Crippen molar-refractivity contribution in [3.8, 4) is 0 Å². The first kappa shape index (κ1) is 11.6. The van der Waals surface area contributed by atoms with Crippen molar-refractivity contribution in [2.75, 3.05) is 11.6 Å². The number of carbonyl (C=O) groups is 2. The molecule has 2 amide bonds. The number of amides is 2. The van der Waals surface area contributed by atoms with Gasteiger partial charge in [0.25, 0.3) is 11.8 Å². The van der Waals surface area contributed by atoms with Crippen molar-refractivity contribution in [3.63, 3.8) is 0 Å². The van der Waals surface area contributed by atoms with Crippen LogP contribution in [0.15, 0.2) is 30.3 Å². The highest BCUT2D eigenvalue weighted by atomic mass is 16.5. The lowest BCUT2D eigenvalue weighted by Crippen LogP contribution is -2.43. The normalized spacial score (nSPS) is 24.0. The number of nitrogens with one attached hydrogen (secondary N) is 1. The van der Waals surface area contributed by atoms with E-state index in [1.807, 2.05) is 6.07 Å². The number of nitrogens with zero attached hydrogens (tertiary/aromatic N) is 1. The fourth-order valence-electron chi connectivity index (χ4n) is 1.74. The van der Waals surface area contributed by atoms with Gasteiger partial charge in [-0.1, -0.05) is 18.2 Å². The molecule has 1 aliphatic rings. The molecule has 1 aromatic carbocycles. The summed E-state index contributed by atoms with van der Waals surface area (Å²) in [6, 6.07) is 8.93. The lowest BCUT2D eigenvalue weighted by atomic mass is 10.1. The molecule has 0 aliphatic carbocycles. The fourth-order valence-corrected chi connectivity index (χ4v) is 1.74. The standard InChI is InChI=1S/C12H14N2O3/c1-3-17-12(2)10(15)13-14(11(12)16)9-7-5-4-6-8-9/h4-8H,3H2,1-2H3,(H,13,15). The van der Waals surface area contributed by atoms with Crippen LogP contribution in [0, 0.1) is 0 Å². The third-order valence-electron chi connectivity index (χ3n) is 2.71. The Labute approximate surface area is 99.3 Å². The minimum absolute atomic E-state index is 0.304. The quantitative estimate of drug-likeness (QED) is 0.789. The van der Waals surface area contributed by atoms with Gasteiger partial charge in [-0.15, -0.1) is 0 Å². The summed E-state index contributed by atoms with van der Waals surface area (Å²) in [7, 11) is 0. The molecule has 0 radical (unpaired) electrons. The first-order valence-electron chi connectivity index (χ1n) is 5.44. The van der Waals surface area contributed by atoms with Crippen LogP contribution in [0.2, 0.25) is 0 Å². The van der Waals surface area contributed by atoms with Gasteiger partial charge in [0.05, 0.1) is 5.69 Å². The second-order valence-electron chi connectivity index (χ2n) is 3.88. The van der Waals surface area contributed by atoms with Crippen LogP contribution in [-0.4, -0.2) is 24.0 Å².